The number of benzene rings is 1. The monoisotopic (exact) mass is 311 g/mol. The highest BCUT2D eigenvalue weighted by molar-refractivity contribution is 7.09. The predicted molar refractivity (Wildman–Crippen MR) is 76.1 cm³/mol. The molecule has 2 aromatic rings. The Hall–Kier alpha value is -1.99. The van der Waals surface area contributed by atoms with Gasteiger partial charge in [0.25, 0.3) is 11.6 Å². The molecule has 1 amide bonds. The van der Waals surface area contributed by atoms with Gasteiger partial charge in [-0.1, -0.05) is 11.6 Å². The Morgan fingerprint density at radius 1 is 1.55 bits per heavy atom. The Morgan fingerprint density at radius 2 is 2.30 bits per heavy atom. The van der Waals surface area contributed by atoms with Gasteiger partial charge in [-0.15, -0.1) is 11.3 Å². The number of hydrogen-bond donors (Lipinski definition) is 1. The maximum Gasteiger partial charge on any atom is 0.288 e. The highest BCUT2D eigenvalue weighted by Gasteiger charge is 2.16. The molecule has 1 heterocycles. The predicted octanol–water partition coefficient (Wildman–Crippen LogP) is 2.94. The number of halogens is 1. The van der Waals surface area contributed by atoms with Gasteiger partial charge in [0, 0.05) is 16.5 Å². The van der Waals surface area contributed by atoms with Crippen molar-refractivity contribution in [3.63, 3.8) is 0 Å². The molecule has 0 atom stereocenters. The highest BCUT2D eigenvalue weighted by atomic mass is 35.5. The van der Waals surface area contributed by atoms with E-state index in [9.17, 15) is 14.9 Å². The van der Waals surface area contributed by atoms with Crippen molar-refractivity contribution in [2.24, 2.45) is 0 Å². The third kappa shape index (κ3) is 3.12. The number of carbonyl (C=O) groups excluding carboxylic acids is 1. The summed E-state index contributed by atoms with van der Waals surface area (Å²) < 4.78 is 0. The summed E-state index contributed by atoms with van der Waals surface area (Å²) in [6.07, 6.45) is 0. The SMILES string of the molecule is Cc1ncsc1CNC(=O)c1ccc(Cl)c([N+](=O)[O-])c1. The van der Waals surface area contributed by atoms with Gasteiger partial charge < -0.3 is 5.32 Å². The van der Waals surface area contributed by atoms with E-state index in [1.807, 2.05) is 6.92 Å². The summed E-state index contributed by atoms with van der Waals surface area (Å²) in [5, 5.41) is 13.5. The third-order valence-corrected chi connectivity index (χ3v) is 3.91. The number of aryl methyl sites for hydroxylation is 1. The fraction of sp³-hybridized carbons (Fsp3) is 0.167. The standard InChI is InChI=1S/C12H10ClN3O3S/c1-7-11(20-6-15-7)5-14-12(17)8-2-3-9(13)10(4-8)16(18)19/h2-4,6H,5H2,1H3,(H,14,17). The molecule has 1 N–H and O–H groups in total. The summed E-state index contributed by atoms with van der Waals surface area (Å²) in [5.74, 6) is -0.391. The van der Waals surface area contributed by atoms with Crippen molar-refractivity contribution in [2.45, 2.75) is 13.5 Å². The van der Waals surface area contributed by atoms with E-state index >= 15 is 0 Å². The Balaban J connectivity index is 2.12. The molecule has 0 fully saturated rings. The number of nitro benzene ring substituents is 1. The minimum absolute atomic E-state index is 0.00449. The van der Waals surface area contributed by atoms with Crippen LogP contribution in [0.1, 0.15) is 20.9 Å². The molecule has 20 heavy (non-hydrogen) atoms. The van der Waals surface area contributed by atoms with Gasteiger partial charge >= 0.3 is 0 Å². The van der Waals surface area contributed by atoms with E-state index in [2.05, 4.69) is 10.3 Å². The Kier molecular flexibility index (Phi) is 4.31. The third-order valence-electron chi connectivity index (χ3n) is 2.66. The number of nitro groups is 1. The Morgan fingerprint density at radius 3 is 2.90 bits per heavy atom. The lowest BCUT2D eigenvalue weighted by molar-refractivity contribution is -0.384. The molecule has 2 rings (SSSR count). The van der Waals surface area contributed by atoms with Gasteiger partial charge in [-0.3, -0.25) is 14.9 Å². The first-order chi connectivity index (χ1) is 9.49. The zero-order valence-electron chi connectivity index (χ0n) is 10.4. The lowest BCUT2D eigenvalue weighted by Gasteiger charge is -2.05. The van der Waals surface area contributed by atoms with Crippen LogP contribution >= 0.6 is 22.9 Å². The zero-order valence-corrected chi connectivity index (χ0v) is 12.0. The van der Waals surface area contributed by atoms with E-state index in [0.717, 1.165) is 16.6 Å². The molecule has 0 spiro atoms. The van der Waals surface area contributed by atoms with Crippen LogP contribution in [0.25, 0.3) is 0 Å². The van der Waals surface area contributed by atoms with Crippen LogP contribution in [0.4, 0.5) is 5.69 Å². The van der Waals surface area contributed by atoms with Crippen LogP contribution in [0, 0.1) is 17.0 Å². The van der Waals surface area contributed by atoms with Gasteiger partial charge in [-0.2, -0.15) is 0 Å². The van der Waals surface area contributed by atoms with Gasteiger partial charge in [-0.25, -0.2) is 4.98 Å². The average Bonchev–Trinajstić information content (AvgIpc) is 2.81. The molecule has 0 aliphatic rings. The van der Waals surface area contributed by atoms with Crippen molar-refractivity contribution in [1.29, 1.82) is 0 Å². The normalized spacial score (nSPS) is 10.3. The number of carbonyl (C=O) groups is 1. The topological polar surface area (TPSA) is 85.1 Å². The van der Waals surface area contributed by atoms with Crippen LogP contribution < -0.4 is 5.32 Å². The summed E-state index contributed by atoms with van der Waals surface area (Å²) in [6, 6.07) is 3.95. The van der Waals surface area contributed by atoms with Crippen molar-refractivity contribution >= 4 is 34.5 Å². The van der Waals surface area contributed by atoms with E-state index in [1.165, 1.54) is 23.5 Å². The lowest BCUT2D eigenvalue weighted by Crippen LogP contribution is -2.22. The summed E-state index contributed by atoms with van der Waals surface area (Å²) in [5.41, 5.74) is 2.47. The van der Waals surface area contributed by atoms with E-state index < -0.39 is 10.8 Å². The summed E-state index contributed by atoms with van der Waals surface area (Å²) in [7, 11) is 0. The van der Waals surface area contributed by atoms with Crippen LogP contribution in [0.3, 0.4) is 0 Å². The number of aromatic nitrogens is 1. The maximum absolute atomic E-state index is 11.9. The van der Waals surface area contributed by atoms with Crippen LogP contribution in [0.2, 0.25) is 5.02 Å². The first-order valence-corrected chi connectivity index (χ1v) is 6.86. The number of amides is 1. The van der Waals surface area contributed by atoms with Crippen LogP contribution in [-0.4, -0.2) is 15.8 Å². The molecule has 0 unspecified atom stereocenters. The van der Waals surface area contributed by atoms with E-state index in [1.54, 1.807) is 5.51 Å². The zero-order chi connectivity index (χ0) is 14.7. The largest absolute Gasteiger partial charge is 0.347 e. The number of rotatable bonds is 4. The van der Waals surface area contributed by atoms with Crippen molar-refractivity contribution in [1.82, 2.24) is 10.3 Å². The van der Waals surface area contributed by atoms with Crippen LogP contribution in [0.5, 0.6) is 0 Å². The smallest absolute Gasteiger partial charge is 0.288 e. The van der Waals surface area contributed by atoms with Crippen molar-refractivity contribution in [3.05, 3.63) is 55.0 Å². The molecular weight excluding hydrogens is 302 g/mol. The molecule has 0 radical (unpaired) electrons. The van der Waals surface area contributed by atoms with Gasteiger partial charge in [0.1, 0.15) is 5.02 Å². The molecule has 0 saturated carbocycles. The van der Waals surface area contributed by atoms with Crippen LogP contribution in [0.15, 0.2) is 23.7 Å². The molecule has 0 saturated heterocycles. The number of nitrogens with zero attached hydrogens (tertiary/aromatic N) is 2. The molecule has 104 valence electrons. The molecule has 1 aromatic heterocycles. The highest BCUT2D eigenvalue weighted by Crippen LogP contribution is 2.25. The molecule has 1 aromatic carbocycles. The van der Waals surface area contributed by atoms with Crippen molar-refractivity contribution in [3.8, 4) is 0 Å². The molecule has 0 aliphatic carbocycles. The summed E-state index contributed by atoms with van der Waals surface area (Å²) >= 11 is 7.14. The second-order valence-electron chi connectivity index (χ2n) is 3.97. The quantitative estimate of drug-likeness (QED) is 0.695. The fourth-order valence-electron chi connectivity index (χ4n) is 1.55. The molecular formula is C12H10ClN3O3S. The van der Waals surface area contributed by atoms with Gasteiger partial charge in [0.05, 0.1) is 22.7 Å². The molecule has 0 bridgehead atoms. The van der Waals surface area contributed by atoms with Crippen LogP contribution in [-0.2, 0) is 6.54 Å². The number of thiazole rings is 1. The second kappa shape index (κ2) is 5.98. The molecule has 0 aliphatic heterocycles. The number of nitrogens with one attached hydrogen (secondary N) is 1. The van der Waals surface area contributed by atoms with Gasteiger partial charge in [-0.05, 0) is 19.1 Å². The fourth-order valence-corrected chi connectivity index (χ4v) is 2.46. The Labute approximate surface area is 123 Å². The van der Waals surface area contributed by atoms with Gasteiger partial charge in [0.15, 0.2) is 0 Å². The minimum Gasteiger partial charge on any atom is -0.347 e. The lowest BCUT2D eigenvalue weighted by atomic mass is 10.2. The first kappa shape index (κ1) is 14.4. The minimum atomic E-state index is -0.619. The first-order valence-electron chi connectivity index (χ1n) is 5.60. The van der Waals surface area contributed by atoms with E-state index in [4.69, 9.17) is 11.6 Å². The average molecular weight is 312 g/mol. The Bertz CT molecular complexity index is 672. The van der Waals surface area contributed by atoms with Crippen molar-refractivity contribution in [2.75, 3.05) is 0 Å². The molecule has 8 heteroatoms. The van der Waals surface area contributed by atoms with Crippen molar-refractivity contribution < 1.29 is 9.72 Å². The number of hydrogen-bond acceptors (Lipinski definition) is 5. The maximum atomic E-state index is 11.9. The van der Waals surface area contributed by atoms with E-state index in [0.29, 0.717) is 6.54 Å². The van der Waals surface area contributed by atoms with E-state index in [-0.39, 0.29) is 16.3 Å². The summed E-state index contributed by atoms with van der Waals surface area (Å²) in [6.45, 7) is 2.19. The second-order valence-corrected chi connectivity index (χ2v) is 5.31. The molecule has 6 nitrogen and oxygen atoms in total. The van der Waals surface area contributed by atoms with Gasteiger partial charge in [0.2, 0.25) is 0 Å². The summed E-state index contributed by atoms with van der Waals surface area (Å²) in [4.78, 5) is 27.1.